The molecule has 0 unspecified atom stereocenters. The maximum Gasteiger partial charge on any atom is 0.258 e. The van der Waals surface area contributed by atoms with Crippen LogP contribution in [0.3, 0.4) is 0 Å². The Kier molecular flexibility index (Phi) is 6.39. The van der Waals surface area contributed by atoms with Crippen LogP contribution in [0.25, 0.3) is 0 Å². The van der Waals surface area contributed by atoms with E-state index in [4.69, 9.17) is 0 Å². The Morgan fingerprint density at radius 2 is 1.72 bits per heavy atom. The van der Waals surface area contributed by atoms with Gasteiger partial charge in [-0.15, -0.1) is 11.3 Å². The molecule has 2 aromatic carbocycles. The van der Waals surface area contributed by atoms with Crippen LogP contribution in [0.15, 0.2) is 42.5 Å². The molecular formula is C22H22FN3O2S. The number of nitrogens with zero attached hydrogens (tertiary/aromatic N) is 1. The minimum absolute atomic E-state index is 0.0712. The van der Waals surface area contributed by atoms with Crippen molar-refractivity contribution in [3.8, 4) is 0 Å². The first-order valence-electron chi connectivity index (χ1n) is 9.23. The third kappa shape index (κ3) is 4.86. The van der Waals surface area contributed by atoms with Crippen LogP contribution in [0.2, 0.25) is 0 Å². The van der Waals surface area contributed by atoms with E-state index in [-0.39, 0.29) is 11.5 Å². The second kappa shape index (κ2) is 8.96. The zero-order valence-electron chi connectivity index (χ0n) is 16.5. The first kappa shape index (κ1) is 20.7. The van der Waals surface area contributed by atoms with Gasteiger partial charge in [0.25, 0.3) is 11.8 Å². The molecule has 7 heteroatoms. The number of carbonyl (C=O) groups is 2. The van der Waals surface area contributed by atoms with E-state index < -0.39 is 11.7 Å². The Hall–Kier alpha value is -3.06. The number of carbonyl (C=O) groups excluding carboxylic acids is 2. The van der Waals surface area contributed by atoms with E-state index in [0.717, 1.165) is 21.1 Å². The number of anilines is 1. The number of hydrogen-bond donors (Lipinski definition) is 2. The van der Waals surface area contributed by atoms with Gasteiger partial charge in [-0.3, -0.25) is 9.59 Å². The molecule has 150 valence electrons. The lowest BCUT2D eigenvalue weighted by Crippen LogP contribution is -2.27. The molecule has 3 rings (SSSR count). The van der Waals surface area contributed by atoms with Gasteiger partial charge in [0, 0.05) is 17.8 Å². The van der Waals surface area contributed by atoms with Crippen molar-refractivity contribution >= 4 is 28.8 Å². The van der Waals surface area contributed by atoms with Crippen LogP contribution in [-0.2, 0) is 6.42 Å². The van der Waals surface area contributed by atoms with Crippen LogP contribution < -0.4 is 10.6 Å². The van der Waals surface area contributed by atoms with E-state index >= 15 is 0 Å². The molecule has 0 bridgehead atoms. The van der Waals surface area contributed by atoms with Gasteiger partial charge >= 0.3 is 0 Å². The Labute approximate surface area is 173 Å². The number of benzene rings is 2. The summed E-state index contributed by atoms with van der Waals surface area (Å²) in [5.74, 6) is -1.50. The zero-order valence-corrected chi connectivity index (χ0v) is 17.3. The molecule has 0 saturated carbocycles. The lowest BCUT2D eigenvalue weighted by Gasteiger charge is -2.14. The van der Waals surface area contributed by atoms with Gasteiger partial charge in [0.1, 0.15) is 5.82 Å². The lowest BCUT2D eigenvalue weighted by atomic mass is 10.1. The Bertz CT molecular complexity index is 1060. The van der Waals surface area contributed by atoms with Crippen LogP contribution in [0.4, 0.5) is 10.1 Å². The van der Waals surface area contributed by atoms with Crippen molar-refractivity contribution < 1.29 is 14.0 Å². The highest BCUT2D eigenvalue weighted by atomic mass is 32.1. The van der Waals surface area contributed by atoms with Crippen molar-refractivity contribution in [1.29, 1.82) is 0 Å². The van der Waals surface area contributed by atoms with Crippen LogP contribution in [0.1, 0.15) is 41.9 Å². The molecule has 0 radical (unpaired) electrons. The van der Waals surface area contributed by atoms with E-state index in [1.54, 1.807) is 42.5 Å². The molecule has 0 aliphatic rings. The van der Waals surface area contributed by atoms with E-state index in [2.05, 4.69) is 15.6 Å². The smallest absolute Gasteiger partial charge is 0.258 e. The summed E-state index contributed by atoms with van der Waals surface area (Å²) in [4.78, 5) is 30.8. The molecule has 0 aliphatic heterocycles. The quantitative estimate of drug-likeness (QED) is 0.630. The van der Waals surface area contributed by atoms with Crippen molar-refractivity contribution in [3.05, 3.63) is 80.6 Å². The standard InChI is InChI=1S/C22H22FN3O2S/c1-13-7-6-9-17(20(13)26-22(28)16-8-4-5-10-18(16)23)21(27)24-12-11-19-14(2)25-15(3)29-19/h4-10H,11-12H2,1-3H3,(H,24,27)(H,26,28). The fourth-order valence-corrected chi connectivity index (χ4v) is 3.98. The predicted molar refractivity (Wildman–Crippen MR) is 113 cm³/mol. The number of nitrogens with one attached hydrogen (secondary N) is 2. The summed E-state index contributed by atoms with van der Waals surface area (Å²) in [5, 5.41) is 6.58. The molecule has 0 spiro atoms. The molecule has 1 aromatic heterocycles. The molecule has 0 saturated heterocycles. The van der Waals surface area contributed by atoms with Crippen molar-refractivity contribution in [1.82, 2.24) is 10.3 Å². The molecule has 3 aromatic rings. The number of halogens is 1. The van der Waals surface area contributed by atoms with Crippen LogP contribution in [0.5, 0.6) is 0 Å². The SMILES string of the molecule is Cc1nc(C)c(CCNC(=O)c2cccc(C)c2NC(=O)c2ccccc2F)s1. The molecule has 0 atom stereocenters. The normalized spacial score (nSPS) is 10.6. The lowest BCUT2D eigenvalue weighted by molar-refractivity contribution is 0.0955. The second-order valence-corrected chi connectivity index (χ2v) is 7.97. The van der Waals surface area contributed by atoms with Crippen LogP contribution >= 0.6 is 11.3 Å². The number of rotatable bonds is 6. The van der Waals surface area contributed by atoms with Gasteiger partial charge in [-0.05, 0) is 44.5 Å². The monoisotopic (exact) mass is 411 g/mol. The molecule has 2 N–H and O–H groups in total. The minimum atomic E-state index is -0.611. The summed E-state index contributed by atoms with van der Waals surface area (Å²) in [5.41, 5.74) is 2.35. The van der Waals surface area contributed by atoms with Crippen molar-refractivity contribution in [2.45, 2.75) is 27.2 Å². The molecule has 29 heavy (non-hydrogen) atoms. The third-order valence-corrected chi connectivity index (χ3v) is 5.64. The molecule has 5 nitrogen and oxygen atoms in total. The van der Waals surface area contributed by atoms with Crippen LogP contribution in [0, 0.1) is 26.6 Å². The number of hydrogen-bond acceptors (Lipinski definition) is 4. The largest absolute Gasteiger partial charge is 0.352 e. The first-order valence-corrected chi connectivity index (χ1v) is 10.0. The number of thiazole rings is 1. The van der Waals surface area contributed by atoms with Gasteiger partial charge in [0.2, 0.25) is 0 Å². The minimum Gasteiger partial charge on any atom is -0.352 e. The summed E-state index contributed by atoms with van der Waals surface area (Å²) in [6.07, 6.45) is 0.686. The number of para-hydroxylation sites is 1. The average Bonchev–Trinajstić information content (AvgIpc) is 3.00. The van der Waals surface area contributed by atoms with E-state index in [9.17, 15) is 14.0 Å². The third-order valence-electron chi connectivity index (χ3n) is 4.51. The summed E-state index contributed by atoms with van der Waals surface area (Å²) in [7, 11) is 0. The van der Waals surface area contributed by atoms with Gasteiger partial charge in [0.05, 0.1) is 27.5 Å². The maximum absolute atomic E-state index is 13.9. The van der Waals surface area contributed by atoms with Crippen molar-refractivity contribution in [2.75, 3.05) is 11.9 Å². The molecular weight excluding hydrogens is 389 g/mol. The van der Waals surface area contributed by atoms with E-state index in [0.29, 0.717) is 24.2 Å². The van der Waals surface area contributed by atoms with Gasteiger partial charge in [-0.1, -0.05) is 24.3 Å². The highest BCUT2D eigenvalue weighted by molar-refractivity contribution is 7.11. The van der Waals surface area contributed by atoms with E-state index in [1.165, 1.54) is 18.2 Å². The molecule has 0 fully saturated rings. The topological polar surface area (TPSA) is 71.1 Å². The highest BCUT2D eigenvalue weighted by Crippen LogP contribution is 2.22. The number of amides is 2. The van der Waals surface area contributed by atoms with Gasteiger partial charge in [-0.2, -0.15) is 0 Å². The fraction of sp³-hybridized carbons (Fsp3) is 0.227. The van der Waals surface area contributed by atoms with Crippen LogP contribution in [-0.4, -0.2) is 23.3 Å². The zero-order chi connectivity index (χ0) is 21.0. The summed E-state index contributed by atoms with van der Waals surface area (Å²) >= 11 is 1.62. The van der Waals surface area contributed by atoms with Crippen molar-refractivity contribution in [2.24, 2.45) is 0 Å². The maximum atomic E-state index is 13.9. The molecule has 1 heterocycles. The Morgan fingerprint density at radius 1 is 1.00 bits per heavy atom. The first-order chi connectivity index (χ1) is 13.9. The fourth-order valence-electron chi connectivity index (χ4n) is 3.04. The molecule has 0 aliphatic carbocycles. The summed E-state index contributed by atoms with van der Waals surface area (Å²) in [6, 6.07) is 10.9. The number of aromatic nitrogens is 1. The van der Waals surface area contributed by atoms with Gasteiger partial charge in [0.15, 0.2) is 0 Å². The van der Waals surface area contributed by atoms with Crippen molar-refractivity contribution in [3.63, 3.8) is 0 Å². The highest BCUT2D eigenvalue weighted by Gasteiger charge is 2.18. The Morgan fingerprint density at radius 3 is 2.41 bits per heavy atom. The Balaban J connectivity index is 1.73. The predicted octanol–water partition coefficient (Wildman–Crippen LogP) is 4.43. The summed E-state index contributed by atoms with van der Waals surface area (Å²) < 4.78 is 13.9. The second-order valence-electron chi connectivity index (χ2n) is 6.68. The summed E-state index contributed by atoms with van der Waals surface area (Å²) in [6.45, 7) is 6.15. The molecule has 2 amide bonds. The van der Waals surface area contributed by atoms with E-state index in [1.807, 2.05) is 13.8 Å². The average molecular weight is 412 g/mol. The van der Waals surface area contributed by atoms with Gasteiger partial charge < -0.3 is 10.6 Å². The van der Waals surface area contributed by atoms with Gasteiger partial charge in [-0.25, -0.2) is 9.37 Å². The number of aryl methyl sites for hydroxylation is 3.